The Balaban J connectivity index is 1.54. The number of carbonyl (C=O) groups is 1. The van der Waals surface area contributed by atoms with Crippen LogP contribution in [0, 0.1) is 13.8 Å². The third-order valence-corrected chi connectivity index (χ3v) is 8.29. The van der Waals surface area contributed by atoms with Crippen molar-refractivity contribution in [2.75, 3.05) is 56.7 Å². The summed E-state index contributed by atoms with van der Waals surface area (Å²) in [5, 5.41) is 3.55. The molecule has 8 nitrogen and oxygen atoms in total. The van der Waals surface area contributed by atoms with Gasteiger partial charge in [0.2, 0.25) is 0 Å². The SMILES string of the molecule is CCN(c1cc(Cl)cc(C(=O)NCc2c(N3CCOCC3)[nH]c(C)cc2=O)c1C)C1CCC(N(C)C)CC1. The van der Waals surface area contributed by atoms with Gasteiger partial charge in [0.1, 0.15) is 5.82 Å². The van der Waals surface area contributed by atoms with Gasteiger partial charge in [0.15, 0.2) is 5.43 Å². The number of anilines is 2. The molecule has 1 aliphatic carbocycles. The summed E-state index contributed by atoms with van der Waals surface area (Å²) in [4.78, 5) is 36.6. The Morgan fingerprint density at radius 3 is 2.39 bits per heavy atom. The van der Waals surface area contributed by atoms with Crippen LogP contribution >= 0.6 is 11.6 Å². The number of aromatic amines is 1. The van der Waals surface area contributed by atoms with E-state index in [1.54, 1.807) is 12.1 Å². The van der Waals surface area contributed by atoms with Gasteiger partial charge in [0.25, 0.3) is 5.91 Å². The fraction of sp³-hybridized carbons (Fsp3) is 0.586. The lowest BCUT2D eigenvalue weighted by atomic mass is 9.89. The molecule has 4 rings (SSSR count). The second-order valence-corrected chi connectivity index (χ2v) is 11.2. The van der Waals surface area contributed by atoms with Gasteiger partial charge in [-0.05, 0) is 78.2 Å². The first-order chi connectivity index (χ1) is 18.2. The van der Waals surface area contributed by atoms with Crippen LogP contribution < -0.4 is 20.5 Å². The number of nitrogens with zero attached hydrogens (tertiary/aromatic N) is 3. The van der Waals surface area contributed by atoms with Crippen molar-refractivity contribution in [3.05, 3.63) is 55.8 Å². The monoisotopic (exact) mass is 543 g/mol. The lowest BCUT2D eigenvalue weighted by molar-refractivity contribution is 0.0950. The predicted octanol–water partition coefficient (Wildman–Crippen LogP) is 4.11. The van der Waals surface area contributed by atoms with E-state index in [4.69, 9.17) is 16.3 Å². The maximum absolute atomic E-state index is 13.5. The van der Waals surface area contributed by atoms with E-state index >= 15 is 0 Å². The molecule has 1 aromatic carbocycles. The molecule has 2 aliphatic rings. The number of nitrogens with one attached hydrogen (secondary N) is 2. The Bertz CT molecular complexity index is 1180. The predicted molar refractivity (Wildman–Crippen MR) is 155 cm³/mol. The topological polar surface area (TPSA) is 80.9 Å². The number of benzene rings is 1. The number of aromatic nitrogens is 1. The van der Waals surface area contributed by atoms with Gasteiger partial charge in [-0.2, -0.15) is 0 Å². The van der Waals surface area contributed by atoms with Gasteiger partial charge in [0.05, 0.1) is 25.3 Å². The average molecular weight is 544 g/mol. The van der Waals surface area contributed by atoms with Crippen LogP contribution in [-0.2, 0) is 11.3 Å². The maximum Gasteiger partial charge on any atom is 0.251 e. The molecule has 2 N–H and O–H groups in total. The number of amides is 1. The minimum atomic E-state index is -0.230. The van der Waals surface area contributed by atoms with E-state index in [1.807, 2.05) is 19.9 Å². The third kappa shape index (κ3) is 6.35. The van der Waals surface area contributed by atoms with E-state index in [1.165, 1.54) is 0 Å². The van der Waals surface area contributed by atoms with E-state index in [-0.39, 0.29) is 17.9 Å². The van der Waals surface area contributed by atoms with Crippen LogP contribution in [0.15, 0.2) is 23.0 Å². The zero-order valence-corrected chi connectivity index (χ0v) is 24.2. The summed E-state index contributed by atoms with van der Waals surface area (Å²) in [5.74, 6) is 0.527. The van der Waals surface area contributed by atoms with Crippen LogP contribution in [-0.4, -0.2) is 74.8 Å². The normalized spacial score (nSPS) is 20.0. The van der Waals surface area contributed by atoms with E-state index < -0.39 is 0 Å². The summed E-state index contributed by atoms with van der Waals surface area (Å²) in [6.45, 7) is 9.61. The van der Waals surface area contributed by atoms with Crippen LogP contribution in [0.2, 0.25) is 5.02 Å². The molecule has 1 saturated carbocycles. The molecule has 2 heterocycles. The molecular formula is C29H42ClN5O3. The first kappa shape index (κ1) is 28.5. The zero-order chi connectivity index (χ0) is 27.4. The first-order valence-corrected chi connectivity index (χ1v) is 14.1. The summed E-state index contributed by atoms with van der Waals surface area (Å²) in [6, 6.07) is 6.34. The van der Waals surface area contributed by atoms with Crippen molar-refractivity contribution in [3.63, 3.8) is 0 Å². The molecular weight excluding hydrogens is 502 g/mol. The van der Waals surface area contributed by atoms with Crippen LogP contribution in [0.5, 0.6) is 0 Å². The number of hydrogen-bond donors (Lipinski definition) is 2. The van der Waals surface area contributed by atoms with E-state index in [0.717, 1.165) is 55.0 Å². The number of morpholine rings is 1. The number of carbonyl (C=O) groups excluding carboxylic acids is 1. The summed E-state index contributed by atoms with van der Waals surface area (Å²) in [6.07, 6.45) is 4.56. The second kappa shape index (κ2) is 12.5. The van der Waals surface area contributed by atoms with E-state index in [9.17, 15) is 9.59 Å². The third-order valence-electron chi connectivity index (χ3n) is 8.08. The molecule has 2 fully saturated rings. The zero-order valence-electron chi connectivity index (χ0n) is 23.4. The molecule has 0 radical (unpaired) electrons. The van der Waals surface area contributed by atoms with Gasteiger partial charge in [-0.25, -0.2) is 0 Å². The fourth-order valence-corrected chi connectivity index (χ4v) is 6.11. The molecule has 9 heteroatoms. The minimum Gasteiger partial charge on any atom is -0.378 e. The molecule has 0 spiro atoms. The number of hydrogen-bond acceptors (Lipinski definition) is 6. The highest BCUT2D eigenvalue weighted by atomic mass is 35.5. The Morgan fingerprint density at radius 2 is 1.76 bits per heavy atom. The lowest BCUT2D eigenvalue weighted by Crippen LogP contribution is -2.42. The van der Waals surface area contributed by atoms with E-state index in [2.05, 4.69) is 46.0 Å². The van der Waals surface area contributed by atoms with Crippen LogP contribution in [0.25, 0.3) is 0 Å². The second-order valence-electron chi connectivity index (χ2n) is 10.7. The summed E-state index contributed by atoms with van der Waals surface area (Å²) >= 11 is 6.57. The molecule has 1 amide bonds. The fourth-order valence-electron chi connectivity index (χ4n) is 5.90. The maximum atomic E-state index is 13.5. The van der Waals surface area contributed by atoms with Gasteiger partial charge in [0, 0.05) is 59.8 Å². The number of H-pyrrole nitrogens is 1. The van der Waals surface area contributed by atoms with Gasteiger partial charge in [-0.15, -0.1) is 0 Å². The standard InChI is InChI=1S/C29H42ClN5O3/c1-6-35(23-9-7-22(8-10-23)33(4)5)26-17-21(30)16-24(20(26)3)29(37)31-18-25-27(36)15-19(2)32-28(25)34-11-13-38-14-12-34/h15-17,22-23H,6-14,18H2,1-5H3,(H,31,37)(H,32,36). The largest absolute Gasteiger partial charge is 0.378 e. The van der Waals surface area contributed by atoms with Gasteiger partial charge >= 0.3 is 0 Å². The van der Waals surface area contributed by atoms with Crippen molar-refractivity contribution < 1.29 is 9.53 Å². The molecule has 1 aromatic heterocycles. The molecule has 1 saturated heterocycles. The molecule has 38 heavy (non-hydrogen) atoms. The summed E-state index contributed by atoms with van der Waals surface area (Å²) in [7, 11) is 4.31. The van der Waals surface area contributed by atoms with Crippen molar-refractivity contribution in [2.24, 2.45) is 0 Å². The van der Waals surface area contributed by atoms with Crippen molar-refractivity contribution in [1.29, 1.82) is 0 Å². The number of rotatable bonds is 8. The van der Waals surface area contributed by atoms with Crippen molar-refractivity contribution in [3.8, 4) is 0 Å². The van der Waals surface area contributed by atoms with Crippen molar-refractivity contribution in [2.45, 2.75) is 65.1 Å². The van der Waals surface area contributed by atoms with Gasteiger partial charge in [-0.3, -0.25) is 9.59 Å². The lowest BCUT2D eigenvalue weighted by Gasteiger charge is -2.40. The smallest absolute Gasteiger partial charge is 0.251 e. The van der Waals surface area contributed by atoms with Gasteiger partial charge < -0.3 is 29.7 Å². The molecule has 2 aromatic rings. The van der Waals surface area contributed by atoms with Crippen molar-refractivity contribution in [1.82, 2.24) is 15.2 Å². The van der Waals surface area contributed by atoms with Crippen LogP contribution in [0.3, 0.4) is 0 Å². The Kier molecular flexibility index (Phi) is 9.39. The van der Waals surface area contributed by atoms with E-state index in [0.29, 0.717) is 54.5 Å². The number of halogens is 1. The molecule has 0 unspecified atom stereocenters. The Morgan fingerprint density at radius 1 is 1.11 bits per heavy atom. The highest BCUT2D eigenvalue weighted by Gasteiger charge is 2.28. The quantitative estimate of drug-likeness (QED) is 0.521. The highest BCUT2D eigenvalue weighted by Crippen LogP contribution is 2.34. The highest BCUT2D eigenvalue weighted by molar-refractivity contribution is 6.31. The van der Waals surface area contributed by atoms with Crippen LogP contribution in [0.1, 0.15) is 59.8 Å². The molecule has 0 atom stereocenters. The summed E-state index contributed by atoms with van der Waals surface area (Å²) < 4.78 is 5.48. The Hall–Kier alpha value is -2.55. The molecule has 1 aliphatic heterocycles. The molecule has 0 bridgehead atoms. The summed E-state index contributed by atoms with van der Waals surface area (Å²) in [5.41, 5.74) is 3.73. The van der Waals surface area contributed by atoms with Crippen LogP contribution in [0.4, 0.5) is 11.5 Å². The average Bonchev–Trinajstić information content (AvgIpc) is 2.90. The van der Waals surface area contributed by atoms with Gasteiger partial charge in [-0.1, -0.05) is 11.6 Å². The number of ether oxygens (including phenoxy) is 1. The number of aryl methyl sites for hydroxylation is 1. The Labute approximate surface area is 231 Å². The molecule has 208 valence electrons. The minimum absolute atomic E-state index is 0.0861. The van der Waals surface area contributed by atoms with Crippen molar-refractivity contribution >= 4 is 29.0 Å². The number of pyridine rings is 1. The first-order valence-electron chi connectivity index (χ1n) is 13.8.